The second kappa shape index (κ2) is 5.90. The van der Waals surface area contributed by atoms with Gasteiger partial charge in [-0.2, -0.15) is 13.2 Å². The summed E-state index contributed by atoms with van der Waals surface area (Å²) < 4.78 is 38.0. The second-order valence-electron chi connectivity index (χ2n) is 5.77. The molecule has 1 atom stereocenters. The average Bonchev–Trinajstić information content (AvgIpc) is 2.93. The number of phenols is 1. The summed E-state index contributed by atoms with van der Waals surface area (Å²) in [6, 6.07) is 2.79. The van der Waals surface area contributed by atoms with Gasteiger partial charge in [0.25, 0.3) is 0 Å². The number of aryl methyl sites for hydroxylation is 1. The molecule has 0 bridgehead atoms. The third kappa shape index (κ3) is 3.12. The Balaban J connectivity index is 1.93. The normalized spacial score (nSPS) is 18.2. The van der Waals surface area contributed by atoms with Crippen molar-refractivity contribution in [2.45, 2.75) is 25.6 Å². The number of aromatic nitrogens is 3. The van der Waals surface area contributed by atoms with Crippen molar-refractivity contribution < 1.29 is 18.3 Å². The lowest BCUT2D eigenvalue weighted by Gasteiger charge is -2.16. The molecule has 1 saturated heterocycles. The molecule has 6 nitrogen and oxygen atoms in total. The molecule has 3 rings (SSSR count). The molecule has 0 saturated carbocycles. The maximum Gasteiger partial charge on any atom is 0.416 e. The van der Waals surface area contributed by atoms with E-state index in [2.05, 4.69) is 15.2 Å². The van der Waals surface area contributed by atoms with Crippen LogP contribution in [0.15, 0.2) is 18.2 Å². The molecule has 0 spiro atoms. The number of alkyl halides is 3. The Bertz CT molecular complexity index is 765. The summed E-state index contributed by atoms with van der Waals surface area (Å²) in [5, 5.41) is 18.0. The summed E-state index contributed by atoms with van der Waals surface area (Å²) in [5.74, 6) is -0.0874. The molecule has 0 amide bonds. The highest BCUT2D eigenvalue weighted by atomic mass is 19.4. The van der Waals surface area contributed by atoms with E-state index in [9.17, 15) is 18.3 Å². The maximum atomic E-state index is 12.7. The van der Waals surface area contributed by atoms with E-state index in [0.29, 0.717) is 24.3 Å². The van der Waals surface area contributed by atoms with E-state index in [-0.39, 0.29) is 17.3 Å². The van der Waals surface area contributed by atoms with E-state index in [1.54, 1.807) is 6.92 Å². The molecule has 0 aliphatic carbocycles. The van der Waals surface area contributed by atoms with Crippen molar-refractivity contribution in [3.05, 3.63) is 29.5 Å². The highest BCUT2D eigenvalue weighted by Gasteiger charge is 2.31. The Morgan fingerprint density at radius 1 is 1.29 bits per heavy atom. The van der Waals surface area contributed by atoms with Crippen molar-refractivity contribution in [2.75, 3.05) is 18.0 Å². The van der Waals surface area contributed by atoms with Gasteiger partial charge < -0.3 is 15.7 Å². The van der Waals surface area contributed by atoms with Gasteiger partial charge >= 0.3 is 6.18 Å². The van der Waals surface area contributed by atoms with Gasteiger partial charge in [0.15, 0.2) is 0 Å². The maximum absolute atomic E-state index is 12.7. The summed E-state index contributed by atoms with van der Waals surface area (Å²) in [4.78, 5) is 6.25. The molecule has 2 heterocycles. The van der Waals surface area contributed by atoms with E-state index >= 15 is 0 Å². The fourth-order valence-electron chi connectivity index (χ4n) is 2.65. The van der Waals surface area contributed by atoms with Gasteiger partial charge in [-0.3, -0.25) is 0 Å². The predicted molar refractivity (Wildman–Crippen MR) is 81.5 cm³/mol. The second-order valence-corrected chi connectivity index (χ2v) is 5.77. The molecule has 2 aromatic rings. The predicted octanol–water partition coefficient (Wildman–Crippen LogP) is 2.11. The van der Waals surface area contributed by atoms with Crippen LogP contribution in [0.4, 0.5) is 19.1 Å². The molecule has 3 N–H and O–H groups in total. The number of phenolic OH excluding ortho intramolecular Hbond substituents is 1. The first-order valence-electron chi connectivity index (χ1n) is 7.38. The fraction of sp³-hybridized carbons (Fsp3) is 0.400. The standard InChI is InChI=1S/C15H16F3N5O/c1-8-13(11-3-2-9(6-12(11)24)15(16,17)18)21-22-14(20-8)23-5-4-10(19)7-23/h2-3,6,10,24H,4-5,7,19H2,1H3/t10-/m1/s1. The molecule has 0 unspecified atom stereocenters. The van der Waals surface area contributed by atoms with Gasteiger partial charge in [-0.25, -0.2) is 4.98 Å². The molecule has 1 aromatic carbocycles. The molecule has 9 heteroatoms. The average molecular weight is 339 g/mol. The van der Waals surface area contributed by atoms with Crippen molar-refractivity contribution in [3.63, 3.8) is 0 Å². The topological polar surface area (TPSA) is 88.2 Å². The molecule has 0 radical (unpaired) electrons. The lowest BCUT2D eigenvalue weighted by atomic mass is 10.1. The van der Waals surface area contributed by atoms with E-state index in [1.807, 2.05) is 4.90 Å². The van der Waals surface area contributed by atoms with Crippen LogP contribution in [0.1, 0.15) is 17.7 Å². The number of anilines is 1. The van der Waals surface area contributed by atoms with E-state index < -0.39 is 17.5 Å². The van der Waals surface area contributed by atoms with Gasteiger partial charge in [0, 0.05) is 24.7 Å². The van der Waals surface area contributed by atoms with Crippen molar-refractivity contribution in [1.82, 2.24) is 15.2 Å². The minimum atomic E-state index is -4.52. The van der Waals surface area contributed by atoms with Crippen molar-refractivity contribution in [2.24, 2.45) is 5.73 Å². The lowest BCUT2D eigenvalue weighted by Crippen LogP contribution is -2.28. The third-order valence-electron chi connectivity index (χ3n) is 3.94. The van der Waals surface area contributed by atoms with Crippen LogP contribution in [-0.2, 0) is 6.18 Å². The van der Waals surface area contributed by atoms with Crippen LogP contribution in [0.2, 0.25) is 0 Å². The number of halogens is 3. The minimum absolute atomic E-state index is 0.0625. The fourth-order valence-corrected chi connectivity index (χ4v) is 2.65. The minimum Gasteiger partial charge on any atom is -0.507 e. The van der Waals surface area contributed by atoms with E-state index in [4.69, 9.17) is 5.73 Å². The Morgan fingerprint density at radius 2 is 2.04 bits per heavy atom. The van der Waals surface area contributed by atoms with Crippen molar-refractivity contribution in [1.29, 1.82) is 0 Å². The van der Waals surface area contributed by atoms with Crippen LogP contribution in [0.3, 0.4) is 0 Å². The molecule has 24 heavy (non-hydrogen) atoms. The summed E-state index contributed by atoms with van der Waals surface area (Å²) >= 11 is 0. The van der Waals surface area contributed by atoms with Crippen LogP contribution in [0.25, 0.3) is 11.3 Å². The zero-order chi connectivity index (χ0) is 17.5. The summed E-state index contributed by atoms with van der Waals surface area (Å²) in [6.45, 7) is 3.03. The first kappa shape index (κ1) is 16.4. The van der Waals surface area contributed by atoms with Crippen LogP contribution in [0, 0.1) is 6.92 Å². The number of nitrogens with two attached hydrogens (primary N) is 1. The van der Waals surface area contributed by atoms with Gasteiger partial charge in [-0.1, -0.05) is 0 Å². The highest BCUT2D eigenvalue weighted by Crippen LogP contribution is 2.36. The summed E-state index contributed by atoms with van der Waals surface area (Å²) in [5.41, 5.74) is 5.79. The van der Waals surface area contributed by atoms with Gasteiger partial charge in [-0.05, 0) is 31.5 Å². The Kier molecular flexibility index (Phi) is 4.04. The quantitative estimate of drug-likeness (QED) is 0.871. The van der Waals surface area contributed by atoms with Crippen LogP contribution < -0.4 is 10.6 Å². The van der Waals surface area contributed by atoms with Crippen molar-refractivity contribution in [3.8, 4) is 17.0 Å². The van der Waals surface area contributed by atoms with Gasteiger partial charge in [0.05, 0.1) is 11.3 Å². The van der Waals surface area contributed by atoms with Crippen LogP contribution >= 0.6 is 0 Å². The van der Waals surface area contributed by atoms with Crippen molar-refractivity contribution >= 4 is 5.95 Å². The number of aromatic hydroxyl groups is 1. The van der Waals surface area contributed by atoms with Gasteiger partial charge in [-0.15, -0.1) is 10.2 Å². The van der Waals surface area contributed by atoms with E-state index in [1.165, 1.54) is 6.07 Å². The first-order chi connectivity index (χ1) is 11.3. The summed E-state index contributed by atoms with van der Waals surface area (Å²) in [6.07, 6.45) is -3.68. The Labute approximate surface area is 136 Å². The molecule has 128 valence electrons. The number of nitrogens with zero attached hydrogens (tertiary/aromatic N) is 4. The molecule has 1 aliphatic rings. The first-order valence-corrected chi connectivity index (χ1v) is 7.38. The van der Waals surface area contributed by atoms with Gasteiger partial charge in [0.1, 0.15) is 11.4 Å². The number of hydrogen-bond acceptors (Lipinski definition) is 6. The number of hydrogen-bond donors (Lipinski definition) is 2. The van der Waals surface area contributed by atoms with Crippen LogP contribution in [0.5, 0.6) is 5.75 Å². The molecular formula is C15H16F3N5O. The zero-order valence-electron chi connectivity index (χ0n) is 12.9. The Morgan fingerprint density at radius 3 is 2.58 bits per heavy atom. The number of rotatable bonds is 2. The van der Waals surface area contributed by atoms with Crippen LogP contribution in [-0.4, -0.2) is 39.4 Å². The molecule has 1 aromatic heterocycles. The molecule has 1 aliphatic heterocycles. The largest absolute Gasteiger partial charge is 0.507 e. The smallest absolute Gasteiger partial charge is 0.416 e. The highest BCUT2D eigenvalue weighted by molar-refractivity contribution is 5.69. The SMILES string of the molecule is Cc1nc(N2CC[C@@H](N)C2)nnc1-c1ccc(C(F)(F)F)cc1O. The number of benzene rings is 1. The monoisotopic (exact) mass is 339 g/mol. The Hall–Kier alpha value is -2.42. The zero-order valence-corrected chi connectivity index (χ0v) is 12.9. The van der Waals surface area contributed by atoms with E-state index in [0.717, 1.165) is 19.0 Å². The third-order valence-corrected chi connectivity index (χ3v) is 3.94. The lowest BCUT2D eigenvalue weighted by molar-refractivity contribution is -0.137. The molecule has 1 fully saturated rings. The summed E-state index contributed by atoms with van der Waals surface area (Å²) in [7, 11) is 0. The van der Waals surface area contributed by atoms with Gasteiger partial charge in [0.2, 0.25) is 5.95 Å². The molecular weight excluding hydrogens is 323 g/mol.